The number of hydrogen-bond acceptors (Lipinski definition) is 3. The molecule has 3 heterocycles. The van der Waals surface area contributed by atoms with Gasteiger partial charge in [0.15, 0.2) is 0 Å². The van der Waals surface area contributed by atoms with Crippen molar-refractivity contribution in [2.75, 3.05) is 4.90 Å². The Morgan fingerprint density at radius 2 is 1.47 bits per heavy atom. The van der Waals surface area contributed by atoms with Gasteiger partial charge in [0.2, 0.25) is 11.8 Å². The molecule has 19 heavy (non-hydrogen) atoms. The molecule has 4 atom stereocenters. The van der Waals surface area contributed by atoms with Gasteiger partial charge in [-0.15, -0.1) is 0 Å². The van der Waals surface area contributed by atoms with Crippen LogP contribution in [0.3, 0.4) is 0 Å². The lowest BCUT2D eigenvalue weighted by Gasteiger charge is -2.17. The summed E-state index contributed by atoms with van der Waals surface area (Å²) in [5, 5.41) is 0. The van der Waals surface area contributed by atoms with Crippen molar-refractivity contribution >= 4 is 17.5 Å². The Balaban J connectivity index is 1.74. The molecule has 0 unspecified atom stereocenters. The zero-order valence-electron chi connectivity index (χ0n) is 10.4. The topological polar surface area (TPSA) is 46.6 Å². The lowest BCUT2D eigenvalue weighted by Crippen LogP contribution is -2.34. The van der Waals surface area contributed by atoms with Gasteiger partial charge in [0.05, 0.1) is 29.7 Å². The van der Waals surface area contributed by atoms with E-state index in [-0.39, 0.29) is 35.9 Å². The predicted molar refractivity (Wildman–Crippen MR) is 68.5 cm³/mol. The summed E-state index contributed by atoms with van der Waals surface area (Å²) in [6.45, 7) is 1.98. The molecule has 0 saturated carbocycles. The first-order chi connectivity index (χ1) is 9.16. The van der Waals surface area contributed by atoms with Crippen molar-refractivity contribution < 1.29 is 14.3 Å². The molecule has 96 valence electrons. The fourth-order valence-electron chi connectivity index (χ4n) is 3.25. The number of amides is 2. The van der Waals surface area contributed by atoms with Crippen molar-refractivity contribution in [1.82, 2.24) is 0 Å². The quantitative estimate of drug-likeness (QED) is 0.563. The van der Waals surface area contributed by atoms with Gasteiger partial charge >= 0.3 is 0 Å². The van der Waals surface area contributed by atoms with Crippen LogP contribution in [0.15, 0.2) is 36.4 Å². The van der Waals surface area contributed by atoms with Crippen LogP contribution < -0.4 is 4.90 Å². The summed E-state index contributed by atoms with van der Waals surface area (Å²) in [6.07, 6.45) is 3.36. The van der Waals surface area contributed by atoms with Crippen molar-refractivity contribution in [1.29, 1.82) is 0 Å². The fourth-order valence-corrected chi connectivity index (χ4v) is 3.25. The van der Waals surface area contributed by atoms with E-state index in [9.17, 15) is 9.59 Å². The first-order valence-electron chi connectivity index (χ1n) is 6.45. The number of fused-ring (bicyclic) bond motifs is 5. The molecule has 0 aliphatic carbocycles. The number of carbonyl (C=O) groups excluding carboxylic acids is 2. The van der Waals surface area contributed by atoms with E-state index in [1.54, 1.807) is 0 Å². The molecule has 2 amide bonds. The molecule has 1 aromatic rings. The van der Waals surface area contributed by atoms with Crippen molar-refractivity contribution in [2.24, 2.45) is 11.8 Å². The maximum Gasteiger partial charge on any atom is 0.240 e. The van der Waals surface area contributed by atoms with E-state index in [0.717, 1.165) is 5.56 Å². The molecule has 2 bridgehead atoms. The molecule has 1 aromatic carbocycles. The number of imide groups is 1. The highest BCUT2D eigenvalue weighted by Crippen LogP contribution is 2.46. The highest BCUT2D eigenvalue weighted by atomic mass is 16.5. The van der Waals surface area contributed by atoms with Gasteiger partial charge in [-0.1, -0.05) is 29.8 Å². The molecule has 4 heteroatoms. The molecule has 3 aliphatic heterocycles. The number of anilines is 1. The summed E-state index contributed by atoms with van der Waals surface area (Å²) in [6, 6.07) is 7.46. The highest BCUT2D eigenvalue weighted by Gasteiger charge is 2.60. The van der Waals surface area contributed by atoms with E-state index in [2.05, 4.69) is 0 Å². The second-order valence-electron chi connectivity index (χ2n) is 5.35. The third kappa shape index (κ3) is 1.32. The van der Waals surface area contributed by atoms with Crippen LogP contribution in [0.25, 0.3) is 0 Å². The SMILES string of the molecule is Cc1ccc(N2C(=O)[C@H]3[C@H](C2=O)[C@H]2C=C[C@H]3O2)cc1. The van der Waals surface area contributed by atoms with E-state index in [4.69, 9.17) is 4.74 Å². The Labute approximate surface area is 110 Å². The van der Waals surface area contributed by atoms with Crippen LogP contribution in [0.5, 0.6) is 0 Å². The molecular weight excluding hydrogens is 242 g/mol. The highest BCUT2D eigenvalue weighted by molar-refractivity contribution is 6.23. The summed E-state index contributed by atoms with van der Waals surface area (Å²) in [7, 11) is 0. The zero-order chi connectivity index (χ0) is 13.1. The maximum atomic E-state index is 12.5. The minimum Gasteiger partial charge on any atom is -0.365 e. The molecule has 4 nitrogen and oxygen atoms in total. The van der Waals surface area contributed by atoms with Crippen LogP contribution in [-0.2, 0) is 14.3 Å². The predicted octanol–water partition coefficient (Wildman–Crippen LogP) is 1.44. The van der Waals surface area contributed by atoms with E-state index >= 15 is 0 Å². The van der Waals surface area contributed by atoms with E-state index in [1.807, 2.05) is 43.3 Å². The first kappa shape index (κ1) is 10.9. The molecule has 0 N–H and O–H groups in total. The van der Waals surface area contributed by atoms with Crippen molar-refractivity contribution in [3.05, 3.63) is 42.0 Å². The number of benzene rings is 1. The molecule has 3 aliphatic rings. The Morgan fingerprint density at radius 1 is 0.947 bits per heavy atom. The Hall–Kier alpha value is -1.94. The normalized spacial score (nSPS) is 35.3. The van der Waals surface area contributed by atoms with Gasteiger partial charge in [-0.3, -0.25) is 9.59 Å². The average molecular weight is 255 g/mol. The van der Waals surface area contributed by atoms with Gasteiger partial charge in [-0.2, -0.15) is 0 Å². The molecular formula is C15H13NO3. The van der Waals surface area contributed by atoms with Gasteiger partial charge in [-0.25, -0.2) is 4.90 Å². The standard InChI is InChI=1S/C15H13NO3/c1-8-2-4-9(5-3-8)16-14(17)12-10-6-7-11(19-10)13(12)15(16)18/h2-7,10-13H,1H3/t10-,11-,12-,13-/m1/s1. The van der Waals surface area contributed by atoms with Gasteiger partial charge in [0.1, 0.15) is 0 Å². The number of rotatable bonds is 1. The molecule has 0 aromatic heterocycles. The van der Waals surface area contributed by atoms with Crippen LogP contribution in [0.4, 0.5) is 5.69 Å². The molecule has 2 saturated heterocycles. The number of hydrogen-bond donors (Lipinski definition) is 0. The van der Waals surface area contributed by atoms with Crippen LogP contribution in [0.1, 0.15) is 5.56 Å². The summed E-state index contributed by atoms with van der Waals surface area (Å²) in [5.74, 6) is -0.918. The number of nitrogens with zero attached hydrogens (tertiary/aromatic N) is 1. The smallest absolute Gasteiger partial charge is 0.240 e. The monoisotopic (exact) mass is 255 g/mol. The lowest BCUT2D eigenvalue weighted by atomic mass is 9.85. The van der Waals surface area contributed by atoms with Crippen LogP contribution in [0, 0.1) is 18.8 Å². The van der Waals surface area contributed by atoms with Crippen molar-refractivity contribution in [3.8, 4) is 0 Å². The van der Waals surface area contributed by atoms with Gasteiger partial charge < -0.3 is 4.74 Å². The Bertz CT molecular complexity index is 574. The third-order valence-electron chi connectivity index (χ3n) is 4.20. The molecule has 2 fully saturated rings. The van der Waals surface area contributed by atoms with Gasteiger partial charge in [0, 0.05) is 0 Å². The minimum absolute atomic E-state index is 0.129. The first-order valence-corrected chi connectivity index (χ1v) is 6.45. The van der Waals surface area contributed by atoms with Crippen molar-refractivity contribution in [3.63, 3.8) is 0 Å². The second-order valence-corrected chi connectivity index (χ2v) is 5.35. The van der Waals surface area contributed by atoms with Gasteiger partial charge in [0.25, 0.3) is 0 Å². The molecule has 4 rings (SSSR count). The van der Waals surface area contributed by atoms with Crippen LogP contribution in [0.2, 0.25) is 0 Å². The van der Waals surface area contributed by atoms with Gasteiger partial charge in [-0.05, 0) is 19.1 Å². The van der Waals surface area contributed by atoms with E-state index in [1.165, 1.54) is 4.90 Å². The number of aryl methyl sites for hydroxylation is 1. The summed E-state index contributed by atoms with van der Waals surface area (Å²) >= 11 is 0. The summed E-state index contributed by atoms with van der Waals surface area (Å²) in [5.41, 5.74) is 1.77. The number of carbonyl (C=O) groups is 2. The van der Waals surface area contributed by atoms with E-state index in [0.29, 0.717) is 5.69 Å². The largest absolute Gasteiger partial charge is 0.365 e. The Morgan fingerprint density at radius 3 is 2.00 bits per heavy atom. The second kappa shape index (κ2) is 3.54. The average Bonchev–Trinajstić information content (AvgIpc) is 3.06. The minimum atomic E-state index is -0.330. The van der Waals surface area contributed by atoms with Crippen molar-refractivity contribution in [2.45, 2.75) is 19.1 Å². The lowest BCUT2D eigenvalue weighted by molar-refractivity contribution is -0.124. The third-order valence-corrected chi connectivity index (χ3v) is 4.20. The summed E-state index contributed by atoms with van der Waals surface area (Å²) in [4.78, 5) is 26.3. The summed E-state index contributed by atoms with van der Waals surface area (Å²) < 4.78 is 5.60. The fraction of sp³-hybridized carbons (Fsp3) is 0.333. The number of ether oxygens (including phenoxy) is 1. The van der Waals surface area contributed by atoms with Crippen LogP contribution in [-0.4, -0.2) is 24.0 Å². The Kier molecular flexibility index (Phi) is 2.04. The molecule has 0 radical (unpaired) electrons. The van der Waals surface area contributed by atoms with Crippen LogP contribution >= 0.6 is 0 Å². The maximum absolute atomic E-state index is 12.5. The van der Waals surface area contributed by atoms with E-state index < -0.39 is 0 Å². The zero-order valence-corrected chi connectivity index (χ0v) is 10.4. The molecule has 0 spiro atoms.